The first-order chi connectivity index (χ1) is 14.9. The topological polar surface area (TPSA) is 77.0 Å². The Hall–Kier alpha value is -2.28. The van der Waals surface area contributed by atoms with Crippen LogP contribution in [0.15, 0.2) is 47.6 Å². The molecule has 7 nitrogen and oxygen atoms in total. The minimum atomic E-state index is -4.44. The molecule has 178 valence electrons. The highest BCUT2D eigenvalue weighted by molar-refractivity contribution is 14.0. The van der Waals surface area contributed by atoms with Gasteiger partial charge < -0.3 is 24.8 Å². The summed E-state index contributed by atoms with van der Waals surface area (Å²) in [6, 6.07) is 10.6. The zero-order chi connectivity index (χ0) is 22.5. The van der Waals surface area contributed by atoms with Crippen LogP contribution in [-0.2, 0) is 11.3 Å². The zero-order valence-corrected chi connectivity index (χ0v) is 20.3. The molecule has 2 N–H and O–H groups in total. The maximum Gasteiger partial charge on any atom is 0.422 e. The van der Waals surface area contributed by atoms with Gasteiger partial charge >= 0.3 is 6.18 Å². The molecule has 1 aromatic heterocycles. The van der Waals surface area contributed by atoms with Crippen molar-refractivity contribution in [1.29, 1.82) is 0 Å². The second-order valence-corrected chi connectivity index (χ2v) is 6.41. The standard InChI is InChI=1S/C21H27F3N4O3.HI/c1-3-25-20(28-17-8-4-9-18(13-17)30-12-6-11-29-2)27-14-16-7-5-10-26-19(16)31-15-21(22,23)24;/h4-5,7-10,13H,3,6,11-12,14-15H2,1-2H3,(H2,25,27,28);1H. The molecule has 0 saturated carbocycles. The second kappa shape index (κ2) is 14.7. The van der Waals surface area contributed by atoms with Crippen LogP contribution in [0.5, 0.6) is 11.6 Å². The van der Waals surface area contributed by atoms with Gasteiger partial charge in [-0.3, -0.25) is 0 Å². The molecule has 0 radical (unpaired) electrons. The average Bonchev–Trinajstić information content (AvgIpc) is 2.74. The summed E-state index contributed by atoms with van der Waals surface area (Å²) in [6.07, 6.45) is -2.28. The van der Waals surface area contributed by atoms with E-state index in [1.54, 1.807) is 19.2 Å². The summed E-state index contributed by atoms with van der Waals surface area (Å²) in [6.45, 7) is 2.35. The number of nitrogens with zero attached hydrogens (tertiary/aromatic N) is 2. The first kappa shape index (κ1) is 27.8. The predicted octanol–water partition coefficient (Wildman–Crippen LogP) is 4.63. The SMILES string of the molecule is CCNC(=NCc1cccnc1OCC(F)(F)F)Nc1cccc(OCCCOC)c1.I. The van der Waals surface area contributed by atoms with E-state index in [0.29, 0.717) is 37.0 Å². The second-order valence-electron chi connectivity index (χ2n) is 6.41. The third kappa shape index (κ3) is 10.8. The number of benzene rings is 1. The van der Waals surface area contributed by atoms with Gasteiger partial charge in [0.2, 0.25) is 5.88 Å². The van der Waals surface area contributed by atoms with Crippen molar-refractivity contribution in [3.8, 4) is 11.6 Å². The molecular weight excluding hydrogens is 540 g/mol. The molecule has 0 aliphatic carbocycles. The Balaban J connectivity index is 0.00000512. The molecule has 2 aromatic rings. The van der Waals surface area contributed by atoms with E-state index in [0.717, 1.165) is 12.1 Å². The fourth-order valence-electron chi connectivity index (χ4n) is 2.49. The molecule has 0 amide bonds. The fourth-order valence-corrected chi connectivity index (χ4v) is 2.49. The summed E-state index contributed by atoms with van der Waals surface area (Å²) in [5.41, 5.74) is 1.20. The Labute approximate surface area is 202 Å². The van der Waals surface area contributed by atoms with Crippen LogP contribution in [0, 0.1) is 0 Å². The van der Waals surface area contributed by atoms with Crippen molar-refractivity contribution >= 4 is 35.6 Å². The number of hydrogen-bond donors (Lipinski definition) is 2. The van der Waals surface area contributed by atoms with Crippen LogP contribution in [0.1, 0.15) is 18.9 Å². The smallest absolute Gasteiger partial charge is 0.422 e. The number of guanidine groups is 1. The third-order valence-electron chi connectivity index (χ3n) is 3.83. The number of anilines is 1. The van der Waals surface area contributed by atoms with Crippen molar-refractivity contribution in [2.24, 2.45) is 4.99 Å². The van der Waals surface area contributed by atoms with Gasteiger partial charge in [-0.2, -0.15) is 13.2 Å². The van der Waals surface area contributed by atoms with E-state index in [9.17, 15) is 13.2 Å². The summed E-state index contributed by atoms with van der Waals surface area (Å²) in [5, 5.41) is 6.26. The van der Waals surface area contributed by atoms with Gasteiger partial charge in [-0.1, -0.05) is 12.1 Å². The summed E-state index contributed by atoms with van der Waals surface area (Å²) in [7, 11) is 1.64. The van der Waals surface area contributed by atoms with Gasteiger partial charge in [0.05, 0.1) is 13.2 Å². The highest BCUT2D eigenvalue weighted by atomic mass is 127. The Kier molecular flexibility index (Phi) is 12.8. The Morgan fingerprint density at radius 3 is 2.66 bits per heavy atom. The van der Waals surface area contributed by atoms with Crippen LogP contribution < -0.4 is 20.1 Å². The van der Waals surface area contributed by atoms with Crippen molar-refractivity contribution in [2.45, 2.75) is 26.1 Å². The molecule has 0 unspecified atom stereocenters. The number of rotatable bonds is 11. The van der Waals surface area contributed by atoms with Crippen molar-refractivity contribution in [3.05, 3.63) is 48.2 Å². The van der Waals surface area contributed by atoms with Crippen LogP contribution in [0.4, 0.5) is 18.9 Å². The lowest BCUT2D eigenvalue weighted by molar-refractivity contribution is -0.154. The number of ether oxygens (including phenoxy) is 3. The number of hydrogen-bond acceptors (Lipinski definition) is 5. The van der Waals surface area contributed by atoms with Crippen LogP contribution in [0.2, 0.25) is 0 Å². The van der Waals surface area contributed by atoms with Gasteiger partial charge in [0.25, 0.3) is 0 Å². The quantitative estimate of drug-likeness (QED) is 0.178. The molecule has 0 bridgehead atoms. The number of aromatic nitrogens is 1. The van der Waals surface area contributed by atoms with E-state index in [1.165, 1.54) is 6.20 Å². The van der Waals surface area contributed by atoms with E-state index in [-0.39, 0.29) is 36.4 Å². The largest absolute Gasteiger partial charge is 0.493 e. The lowest BCUT2D eigenvalue weighted by Crippen LogP contribution is -2.30. The molecule has 0 aliphatic heterocycles. The normalized spacial score (nSPS) is 11.5. The number of halogens is 4. The zero-order valence-electron chi connectivity index (χ0n) is 17.9. The van der Waals surface area contributed by atoms with Crippen molar-refractivity contribution in [2.75, 3.05) is 38.8 Å². The summed E-state index contributed by atoms with van der Waals surface area (Å²) < 4.78 is 52.9. The van der Waals surface area contributed by atoms with E-state index < -0.39 is 12.8 Å². The fraction of sp³-hybridized carbons (Fsp3) is 0.429. The van der Waals surface area contributed by atoms with Crippen LogP contribution in [0.3, 0.4) is 0 Å². The minimum Gasteiger partial charge on any atom is -0.493 e. The number of nitrogens with one attached hydrogen (secondary N) is 2. The number of alkyl halides is 3. The van der Waals surface area contributed by atoms with Crippen molar-refractivity contribution in [3.63, 3.8) is 0 Å². The minimum absolute atomic E-state index is 0. The molecule has 11 heteroatoms. The molecule has 0 aliphatic rings. The average molecular weight is 568 g/mol. The number of pyridine rings is 1. The van der Waals surface area contributed by atoms with Crippen LogP contribution >= 0.6 is 24.0 Å². The van der Waals surface area contributed by atoms with Gasteiger partial charge in [0.15, 0.2) is 12.6 Å². The van der Waals surface area contributed by atoms with Gasteiger partial charge in [-0.25, -0.2) is 9.98 Å². The van der Waals surface area contributed by atoms with E-state index in [1.807, 2.05) is 31.2 Å². The van der Waals surface area contributed by atoms with E-state index in [4.69, 9.17) is 14.2 Å². The monoisotopic (exact) mass is 568 g/mol. The Bertz CT molecular complexity index is 838. The molecule has 0 spiro atoms. The van der Waals surface area contributed by atoms with E-state index in [2.05, 4.69) is 20.6 Å². The van der Waals surface area contributed by atoms with Gasteiger partial charge in [0.1, 0.15) is 5.75 Å². The molecule has 32 heavy (non-hydrogen) atoms. The van der Waals surface area contributed by atoms with Crippen molar-refractivity contribution < 1.29 is 27.4 Å². The first-order valence-electron chi connectivity index (χ1n) is 9.82. The third-order valence-corrected chi connectivity index (χ3v) is 3.83. The summed E-state index contributed by atoms with van der Waals surface area (Å²) >= 11 is 0. The van der Waals surface area contributed by atoms with Crippen LogP contribution in [-0.4, -0.2) is 50.6 Å². The van der Waals surface area contributed by atoms with Crippen LogP contribution in [0.25, 0.3) is 0 Å². The molecule has 1 heterocycles. The Morgan fingerprint density at radius 2 is 1.94 bits per heavy atom. The first-order valence-corrected chi connectivity index (χ1v) is 9.82. The predicted molar refractivity (Wildman–Crippen MR) is 128 cm³/mol. The summed E-state index contributed by atoms with van der Waals surface area (Å²) in [4.78, 5) is 8.32. The number of methoxy groups -OCH3 is 1. The highest BCUT2D eigenvalue weighted by Gasteiger charge is 2.29. The molecule has 0 saturated heterocycles. The maximum atomic E-state index is 12.5. The maximum absolute atomic E-state index is 12.5. The Morgan fingerprint density at radius 1 is 1.12 bits per heavy atom. The lowest BCUT2D eigenvalue weighted by Gasteiger charge is -2.14. The van der Waals surface area contributed by atoms with Crippen molar-refractivity contribution in [1.82, 2.24) is 10.3 Å². The van der Waals surface area contributed by atoms with Gasteiger partial charge in [-0.05, 0) is 25.1 Å². The lowest BCUT2D eigenvalue weighted by atomic mass is 10.3. The van der Waals surface area contributed by atoms with Gasteiger partial charge in [-0.15, -0.1) is 24.0 Å². The molecular formula is C21H28F3IN4O3. The molecule has 2 rings (SSSR count). The molecule has 1 aromatic carbocycles. The van der Waals surface area contributed by atoms with E-state index >= 15 is 0 Å². The molecule has 0 fully saturated rings. The molecule has 0 atom stereocenters. The number of aliphatic imine (C=N–C) groups is 1. The highest BCUT2D eigenvalue weighted by Crippen LogP contribution is 2.21. The van der Waals surface area contributed by atoms with Gasteiger partial charge in [0, 0.05) is 50.2 Å². The summed E-state index contributed by atoms with van der Waals surface area (Å²) in [5.74, 6) is 1.07.